The Labute approximate surface area is 172 Å². The number of aromatic amines is 1. The molecule has 0 atom stereocenters. The van der Waals surface area contributed by atoms with Crippen molar-refractivity contribution in [2.45, 2.75) is 20.0 Å². The van der Waals surface area contributed by atoms with Crippen molar-refractivity contribution in [2.24, 2.45) is 0 Å². The minimum absolute atomic E-state index is 0.127. The van der Waals surface area contributed by atoms with Crippen LogP contribution in [0.5, 0.6) is 0 Å². The van der Waals surface area contributed by atoms with E-state index in [4.69, 9.17) is 11.6 Å². The standard InChI is InChI=1S/C22H18ClN5O/c1-14-24-21(26-25-14)15-8-9-18(19(23)11-15)22(29)28-13-17-6-4-10-27(17)12-16-5-2-3-7-20(16)28/h2-11H,12-13H2,1H3,(H,24,25,26). The molecule has 1 aliphatic rings. The zero-order valence-electron chi connectivity index (χ0n) is 15.8. The molecule has 1 N–H and O–H groups in total. The lowest BCUT2D eigenvalue weighted by Crippen LogP contribution is -2.30. The Bertz CT molecular complexity index is 1230. The van der Waals surface area contributed by atoms with Crippen molar-refractivity contribution in [3.8, 4) is 11.4 Å². The Morgan fingerprint density at radius 2 is 1.97 bits per heavy atom. The molecule has 7 heteroatoms. The zero-order chi connectivity index (χ0) is 20.0. The van der Waals surface area contributed by atoms with Gasteiger partial charge in [-0.25, -0.2) is 4.98 Å². The van der Waals surface area contributed by atoms with Crippen LogP contribution in [0.2, 0.25) is 5.02 Å². The minimum Gasteiger partial charge on any atom is -0.345 e. The summed E-state index contributed by atoms with van der Waals surface area (Å²) < 4.78 is 2.17. The fraction of sp³-hybridized carbons (Fsp3) is 0.136. The molecular weight excluding hydrogens is 386 g/mol. The van der Waals surface area contributed by atoms with Gasteiger partial charge in [-0.3, -0.25) is 9.89 Å². The number of hydrogen-bond acceptors (Lipinski definition) is 3. The van der Waals surface area contributed by atoms with E-state index in [2.05, 4.69) is 25.8 Å². The predicted molar refractivity (Wildman–Crippen MR) is 112 cm³/mol. The third kappa shape index (κ3) is 3.11. The average Bonchev–Trinajstić information content (AvgIpc) is 3.32. The lowest BCUT2D eigenvalue weighted by molar-refractivity contribution is 0.0985. The number of aromatic nitrogens is 4. The Morgan fingerprint density at radius 3 is 2.76 bits per heavy atom. The van der Waals surface area contributed by atoms with Crippen LogP contribution in [0.1, 0.15) is 27.4 Å². The van der Waals surface area contributed by atoms with Gasteiger partial charge in [0.15, 0.2) is 5.82 Å². The maximum absolute atomic E-state index is 13.5. The lowest BCUT2D eigenvalue weighted by atomic mass is 10.1. The number of nitrogens with one attached hydrogen (secondary N) is 1. The number of carbonyl (C=O) groups is 1. The van der Waals surface area contributed by atoms with E-state index in [1.807, 2.05) is 49.5 Å². The molecule has 1 amide bonds. The van der Waals surface area contributed by atoms with Gasteiger partial charge in [0.25, 0.3) is 5.91 Å². The highest BCUT2D eigenvalue weighted by atomic mass is 35.5. The van der Waals surface area contributed by atoms with Gasteiger partial charge in [-0.05, 0) is 42.8 Å². The SMILES string of the molecule is Cc1n[nH]c(-c2ccc(C(=O)N3Cc4cccn4Cc4ccccc43)c(Cl)c2)n1. The summed E-state index contributed by atoms with van der Waals surface area (Å²) in [6.07, 6.45) is 2.04. The monoisotopic (exact) mass is 403 g/mol. The first-order chi connectivity index (χ1) is 14.1. The third-order valence-corrected chi connectivity index (χ3v) is 5.49. The number of anilines is 1. The summed E-state index contributed by atoms with van der Waals surface area (Å²) in [5, 5.41) is 7.31. The molecule has 0 saturated carbocycles. The number of carbonyl (C=O) groups excluding carboxylic acids is 1. The van der Waals surface area contributed by atoms with Gasteiger partial charge in [-0.1, -0.05) is 35.9 Å². The van der Waals surface area contributed by atoms with Crippen molar-refractivity contribution < 1.29 is 4.79 Å². The van der Waals surface area contributed by atoms with Gasteiger partial charge >= 0.3 is 0 Å². The van der Waals surface area contributed by atoms with Gasteiger partial charge in [0.1, 0.15) is 5.82 Å². The number of H-pyrrole nitrogens is 1. The van der Waals surface area contributed by atoms with Crippen LogP contribution in [0.4, 0.5) is 5.69 Å². The van der Waals surface area contributed by atoms with Crippen LogP contribution >= 0.6 is 11.6 Å². The Kier molecular flexibility index (Phi) is 4.21. The smallest absolute Gasteiger partial charge is 0.260 e. The summed E-state index contributed by atoms with van der Waals surface area (Å²) in [4.78, 5) is 19.6. The lowest BCUT2D eigenvalue weighted by Gasteiger charge is -2.23. The van der Waals surface area contributed by atoms with E-state index in [1.54, 1.807) is 17.0 Å². The minimum atomic E-state index is -0.127. The summed E-state index contributed by atoms with van der Waals surface area (Å²) in [6.45, 7) is 3.04. The normalized spacial score (nSPS) is 13.0. The Hall–Kier alpha value is -3.38. The van der Waals surface area contributed by atoms with E-state index in [1.165, 1.54) is 0 Å². The first-order valence-electron chi connectivity index (χ1n) is 9.33. The molecule has 6 nitrogen and oxygen atoms in total. The highest BCUT2D eigenvalue weighted by Gasteiger charge is 2.26. The number of fused-ring (bicyclic) bond motifs is 2. The van der Waals surface area contributed by atoms with E-state index < -0.39 is 0 Å². The molecule has 0 saturated heterocycles. The fourth-order valence-corrected chi connectivity index (χ4v) is 3.98. The van der Waals surface area contributed by atoms with Crippen molar-refractivity contribution in [2.75, 3.05) is 4.90 Å². The van der Waals surface area contributed by atoms with E-state index in [9.17, 15) is 4.79 Å². The molecule has 1 aliphatic heterocycles. The molecule has 0 aliphatic carbocycles. The van der Waals surface area contributed by atoms with Crippen LogP contribution in [0.3, 0.4) is 0 Å². The molecule has 0 unspecified atom stereocenters. The van der Waals surface area contributed by atoms with Crippen LogP contribution in [0, 0.1) is 6.92 Å². The predicted octanol–water partition coefficient (Wildman–Crippen LogP) is 4.44. The quantitative estimate of drug-likeness (QED) is 0.538. The van der Waals surface area contributed by atoms with Gasteiger partial charge in [-0.15, -0.1) is 0 Å². The first-order valence-corrected chi connectivity index (χ1v) is 9.70. The second-order valence-corrected chi connectivity index (χ2v) is 7.48. The number of hydrogen-bond donors (Lipinski definition) is 1. The molecule has 2 aromatic heterocycles. The Morgan fingerprint density at radius 1 is 1.10 bits per heavy atom. The van der Waals surface area contributed by atoms with Crippen molar-refractivity contribution in [3.05, 3.63) is 88.5 Å². The number of para-hydroxylation sites is 1. The maximum Gasteiger partial charge on any atom is 0.260 e. The summed E-state index contributed by atoms with van der Waals surface area (Å²) in [5.74, 6) is 1.15. The van der Waals surface area contributed by atoms with Crippen LogP contribution in [-0.2, 0) is 13.1 Å². The molecule has 2 aromatic carbocycles. The van der Waals surface area contributed by atoms with Crippen molar-refractivity contribution >= 4 is 23.2 Å². The molecule has 5 rings (SSSR count). The molecular formula is C22H18ClN5O. The van der Waals surface area contributed by atoms with Crippen molar-refractivity contribution in [1.82, 2.24) is 19.7 Å². The molecule has 29 heavy (non-hydrogen) atoms. The second kappa shape index (κ2) is 6.90. The number of amides is 1. The van der Waals surface area contributed by atoms with Gasteiger partial charge in [0, 0.05) is 29.7 Å². The summed E-state index contributed by atoms with van der Waals surface area (Å²) in [5.41, 5.74) is 4.34. The first kappa shape index (κ1) is 17.7. The molecule has 144 valence electrons. The topological polar surface area (TPSA) is 66.8 Å². The fourth-order valence-electron chi connectivity index (χ4n) is 3.72. The number of benzene rings is 2. The average molecular weight is 404 g/mol. The molecule has 0 fully saturated rings. The van der Waals surface area contributed by atoms with Crippen molar-refractivity contribution in [1.29, 1.82) is 0 Å². The van der Waals surface area contributed by atoms with E-state index in [0.717, 1.165) is 29.1 Å². The summed E-state index contributed by atoms with van der Waals surface area (Å²) >= 11 is 6.53. The van der Waals surface area contributed by atoms with Gasteiger partial charge in [-0.2, -0.15) is 5.10 Å². The summed E-state index contributed by atoms with van der Waals surface area (Å²) in [6, 6.07) is 17.4. The number of rotatable bonds is 2. The van der Waals surface area contributed by atoms with Gasteiger partial charge in [0.2, 0.25) is 0 Å². The largest absolute Gasteiger partial charge is 0.345 e. The zero-order valence-corrected chi connectivity index (χ0v) is 16.5. The highest BCUT2D eigenvalue weighted by molar-refractivity contribution is 6.34. The van der Waals surface area contributed by atoms with Crippen LogP contribution in [0.15, 0.2) is 60.8 Å². The number of aryl methyl sites for hydroxylation is 1. The third-order valence-electron chi connectivity index (χ3n) is 5.18. The number of halogens is 1. The summed E-state index contributed by atoms with van der Waals surface area (Å²) in [7, 11) is 0. The van der Waals surface area contributed by atoms with Gasteiger partial charge < -0.3 is 9.47 Å². The van der Waals surface area contributed by atoms with Crippen LogP contribution in [-0.4, -0.2) is 25.7 Å². The van der Waals surface area contributed by atoms with Crippen LogP contribution < -0.4 is 4.90 Å². The second-order valence-electron chi connectivity index (χ2n) is 7.07. The maximum atomic E-state index is 13.5. The van der Waals surface area contributed by atoms with Crippen molar-refractivity contribution in [3.63, 3.8) is 0 Å². The Balaban J connectivity index is 1.55. The van der Waals surface area contributed by atoms with Gasteiger partial charge in [0.05, 0.1) is 17.1 Å². The molecule has 3 heterocycles. The van der Waals surface area contributed by atoms with E-state index >= 15 is 0 Å². The molecule has 0 bridgehead atoms. The molecule has 4 aromatic rings. The van der Waals surface area contributed by atoms with E-state index in [0.29, 0.717) is 28.8 Å². The highest BCUT2D eigenvalue weighted by Crippen LogP contribution is 2.31. The molecule has 0 radical (unpaired) electrons. The number of nitrogens with zero attached hydrogens (tertiary/aromatic N) is 4. The molecule has 0 spiro atoms. The van der Waals surface area contributed by atoms with E-state index in [-0.39, 0.29) is 5.91 Å². The van der Waals surface area contributed by atoms with Crippen LogP contribution in [0.25, 0.3) is 11.4 Å².